The van der Waals surface area contributed by atoms with Gasteiger partial charge < -0.3 is 19.5 Å². The number of carboxylic acid groups (broad SMARTS) is 1. The normalized spacial score (nSPS) is 24.8. The molecule has 1 amide bonds. The number of hydrogen-bond acceptors (Lipinski definition) is 4. The van der Waals surface area contributed by atoms with E-state index in [-0.39, 0.29) is 6.54 Å². The largest absolute Gasteiger partial charge is 0.479 e. The molecule has 1 heterocycles. The first-order chi connectivity index (χ1) is 8.20. The molecule has 1 atom stereocenters. The Morgan fingerprint density at radius 2 is 1.94 bits per heavy atom. The second kappa shape index (κ2) is 5.14. The zero-order valence-corrected chi connectivity index (χ0v) is 11.4. The molecule has 0 aromatic heterocycles. The van der Waals surface area contributed by atoms with Gasteiger partial charge in [-0.3, -0.25) is 0 Å². The first-order valence-corrected chi connectivity index (χ1v) is 5.97. The molecule has 1 rings (SSSR count). The number of piperidine rings is 1. The smallest absolute Gasteiger partial charge is 0.410 e. The third kappa shape index (κ3) is 3.35. The summed E-state index contributed by atoms with van der Waals surface area (Å²) in [5.41, 5.74) is -1.90. The fourth-order valence-corrected chi connectivity index (χ4v) is 1.93. The van der Waals surface area contributed by atoms with E-state index in [9.17, 15) is 14.7 Å². The lowest BCUT2D eigenvalue weighted by atomic mass is 9.93. The zero-order valence-electron chi connectivity index (χ0n) is 11.4. The number of carboxylic acids is 1. The number of amides is 1. The van der Waals surface area contributed by atoms with Gasteiger partial charge in [0.25, 0.3) is 0 Å². The van der Waals surface area contributed by atoms with Crippen LogP contribution in [0.5, 0.6) is 0 Å². The van der Waals surface area contributed by atoms with Crippen LogP contribution in [0.3, 0.4) is 0 Å². The topological polar surface area (TPSA) is 76.1 Å². The fourth-order valence-electron chi connectivity index (χ4n) is 1.93. The molecule has 0 spiro atoms. The molecule has 0 aromatic rings. The highest BCUT2D eigenvalue weighted by Gasteiger charge is 2.44. The molecular weight excluding hydrogens is 238 g/mol. The zero-order chi connectivity index (χ0) is 14.0. The highest BCUT2D eigenvalue weighted by Crippen LogP contribution is 2.26. The summed E-state index contributed by atoms with van der Waals surface area (Å²) < 4.78 is 10.3. The van der Waals surface area contributed by atoms with E-state index in [4.69, 9.17) is 9.47 Å². The summed E-state index contributed by atoms with van der Waals surface area (Å²) in [6, 6.07) is 0. The van der Waals surface area contributed by atoms with E-state index in [1.807, 2.05) is 0 Å². The number of aliphatic carboxylic acids is 1. The molecule has 0 saturated carbocycles. The van der Waals surface area contributed by atoms with Gasteiger partial charge >= 0.3 is 12.1 Å². The minimum atomic E-state index is -1.31. The molecule has 1 aliphatic heterocycles. The third-order valence-electron chi connectivity index (χ3n) is 2.89. The number of carbonyl (C=O) groups excluding carboxylic acids is 1. The molecule has 1 aliphatic rings. The summed E-state index contributed by atoms with van der Waals surface area (Å²) in [4.78, 5) is 24.5. The molecule has 1 fully saturated rings. The number of hydrogen-bond donors (Lipinski definition) is 1. The van der Waals surface area contributed by atoms with Crippen LogP contribution in [0, 0.1) is 0 Å². The van der Waals surface area contributed by atoms with Gasteiger partial charge in [0.15, 0.2) is 5.60 Å². The maximum absolute atomic E-state index is 11.9. The Morgan fingerprint density at radius 3 is 2.39 bits per heavy atom. The molecule has 6 heteroatoms. The average Bonchev–Trinajstić information content (AvgIpc) is 2.26. The van der Waals surface area contributed by atoms with Crippen LogP contribution < -0.4 is 0 Å². The Morgan fingerprint density at radius 1 is 1.33 bits per heavy atom. The number of ether oxygens (including phenoxy) is 2. The van der Waals surface area contributed by atoms with Crippen molar-refractivity contribution >= 4 is 12.1 Å². The predicted molar refractivity (Wildman–Crippen MR) is 64.4 cm³/mol. The van der Waals surface area contributed by atoms with E-state index >= 15 is 0 Å². The van der Waals surface area contributed by atoms with Gasteiger partial charge in [-0.2, -0.15) is 0 Å². The molecule has 1 N–H and O–H groups in total. The Hall–Kier alpha value is -1.30. The van der Waals surface area contributed by atoms with Gasteiger partial charge in [0.1, 0.15) is 5.60 Å². The molecule has 0 aliphatic carbocycles. The highest BCUT2D eigenvalue weighted by molar-refractivity contribution is 5.79. The minimum absolute atomic E-state index is 0.0216. The van der Waals surface area contributed by atoms with Gasteiger partial charge in [-0.15, -0.1) is 0 Å². The van der Waals surface area contributed by atoms with Crippen molar-refractivity contribution in [1.29, 1.82) is 0 Å². The van der Waals surface area contributed by atoms with Crippen LogP contribution in [0.2, 0.25) is 0 Å². The maximum Gasteiger partial charge on any atom is 0.410 e. The highest BCUT2D eigenvalue weighted by atomic mass is 16.6. The first-order valence-electron chi connectivity index (χ1n) is 5.97. The number of carbonyl (C=O) groups is 2. The van der Waals surface area contributed by atoms with Crippen molar-refractivity contribution in [1.82, 2.24) is 4.90 Å². The fraction of sp³-hybridized carbons (Fsp3) is 0.833. The molecule has 104 valence electrons. The van der Waals surface area contributed by atoms with E-state index in [0.29, 0.717) is 19.4 Å². The van der Waals surface area contributed by atoms with E-state index in [1.54, 1.807) is 20.8 Å². The molecule has 6 nitrogen and oxygen atoms in total. The molecule has 1 saturated heterocycles. The molecule has 0 bridgehead atoms. The maximum atomic E-state index is 11.9. The number of nitrogens with zero attached hydrogens (tertiary/aromatic N) is 1. The van der Waals surface area contributed by atoms with Crippen LogP contribution >= 0.6 is 0 Å². The van der Waals surface area contributed by atoms with Crippen LogP contribution in [0.1, 0.15) is 33.6 Å². The van der Waals surface area contributed by atoms with Crippen molar-refractivity contribution in [3.63, 3.8) is 0 Å². The van der Waals surface area contributed by atoms with Crippen LogP contribution in [-0.2, 0) is 14.3 Å². The number of likely N-dealkylation sites (tertiary alicyclic amines) is 1. The number of rotatable bonds is 2. The SMILES string of the molecule is COC1(C(=O)O)CCCN(C(=O)OC(C)(C)C)C1. The van der Waals surface area contributed by atoms with Crippen LogP contribution in [0.4, 0.5) is 4.79 Å². The molecule has 18 heavy (non-hydrogen) atoms. The van der Waals surface area contributed by atoms with Crippen LogP contribution in [0.25, 0.3) is 0 Å². The molecule has 0 radical (unpaired) electrons. The summed E-state index contributed by atoms with van der Waals surface area (Å²) in [5, 5.41) is 9.22. The van der Waals surface area contributed by atoms with Gasteiger partial charge in [0, 0.05) is 13.7 Å². The molecular formula is C12H21NO5. The van der Waals surface area contributed by atoms with Crippen molar-refractivity contribution in [2.75, 3.05) is 20.2 Å². The van der Waals surface area contributed by atoms with Crippen LogP contribution in [0.15, 0.2) is 0 Å². The lowest BCUT2D eigenvalue weighted by molar-refractivity contribution is -0.168. The predicted octanol–water partition coefficient (Wildman–Crippen LogP) is 1.49. The average molecular weight is 259 g/mol. The Bertz CT molecular complexity index is 336. The summed E-state index contributed by atoms with van der Waals surface area (Å²) in [5.74, 6) is -1.04. The second-order valence-electron chi connectivity index (χ2n) is 5.51. The Balaban J connectivity index is 2.75. The minimum Gasteiger partial charge on any atom is -0.479 e. The quantitative estimate of drug-likeness (QED) is 0.813. The lowest BCUT2D eigenvalue weighted by Gasteiger charge is -2.39. The molecule has 0 aromatic carbocycles. The second-order valence-corrected chi connectivity index (χ2v) is 5.51. The van der Waals surface area contributed by atoms with Crippen molar-refractivity contribution in [3.8, 4) is 0 Å². The Labute approximate surface area is 107 Å². The third-order valence-corrected chi connectivity index (χ3v) is 2.89. The summed E-state index contributed by atoms with van der Waals surface area (Å²) in [7, 11) is 1.35. The summed E-state index contributed by atoms with van der Waals surface area (Å²) in [6.45, 7) is 5.84. The van der Waals surface area contributed by atoms with E-state index in [2.05, 4.69) is 0 Å². The van der Waals surface area contributed by atoms with Crippen molar-refractivity contribution in [3.05, 3.63) is 0 Å². The Kier molecular flexibility index (Phi) is 4.21. The summed E-state index contributed by atoms with van der Waals surface area (Å²) in [6.07, 6.45) is 0.488. The van der Waals surface area contributed by atoms with E-state index in [0.717, 1.165) is 0 Å². The van der Waals surface area contributed by atoms with Gasteiger partial charge in [0.2, 0.25) is 0 Å². The summed E-state index contributed by atoms with van der Waals surface area (Å²) >= 11 is 0. The van der Waals surface area contributed by atoms with Crippen LogP contribution in [-0.4, -0.2) is 53.5 Å². The van der Waals surface area contributed by atoms with Crippen molar-refractivity contribution < 1.29 is 24.2 Å². The van der Waals surface area contributed by atoms with E-state index in [1.165, 1.54) is 12.0 Å². The van der Waals surface area contributed by atoms with Gasteiger partial charge in [-0.05, 0) is 33.6 Å². The first kappa shape index (κ1) is 14.8. The van der Waals surface area contributed by atoms with Crippen molar-refractivity contribution in [2.24, 2.45) is 0 Å². The van der Waals surface area contributed by atoms with Crippen molar-refractivity contribution in [2.45, 2.75) is 44.8 Å². The standard InChI is InChI=1S/C12H21NO5/c1-11(2,3)18-10(16)13-7-5-6-12(8-13,17-4)9(14)15/h5-8H2,1-4H3,(H,14,15). The van der Waals surface area contributed by atoms with E-state index < -0.39 is 23.3 Å². The monoisotopic (exact) mass is 259 g/mol. The van der Waals surface area contributed by atoms with Gasteiger partial charge in [-0.25, -0.2) is 9.59 Å². The molecule has 1 unspecified atom stereocenters. The lowest BCUT2D eigenvalue weighted by Crippen LogP contribution is -2.56. The van der Waals surface area contributed by atoms with Gasteiger partial charge in [-0.1, -0.05) is 0 Å². The number of methoxy groups -OCH3 is 1. The van der Waals surface area contributed by atoms with Gasteiger partial charge in [0.05, 0.1) is 6.54 Å².